The molecule has 2 atom stereocenters. The van der Waals surface area contributed by atoms with E-state index in [0.717, 1.165) is 32.4 Å². The molecule has 1 amide bonds. The lowest BCUT2D eigenvalue weighted by Crippen LogP contribution is -2.43. The van der Waals surface area contributed by atoms with Gasteiger partial charge in [-0.3, -0.25) is 9.59 Å². The van der Waals surface area contributed by atoms with Gasteiger partial charge in [-0.1, -0.05) is 48.5 Å². The first-order valence-corrected chi connectivity index (χ1v) is 9.35. The van der Waals surface area contributed by atoms with Crippen LogP contribution >= 0.6 is 0 Å². The van der Waals surface area contributed by atoms with E-state index in [1.54, 1.807) is 24.3 Å². The molecule has 4 heteroatoms. The van der Waals surface area contributed by atoms with Crippen LogP contribution in [-0.2, 0) is 0 Å². The van der Waals surface area contributed by atoms with Crippen LogP contribution in [-0.4, -0.2) is 53.7 Å². The fourth-order valence-corrected chi connectivity index (χ4v) is 4.33. The van der Waals surface area contributed by atoms with E-state index in [1.165, 1.54) is 0 Å². The third-order valence-electron chi connectivity index (χ3n) is 5.66. The first kappa shape index (κ1) is 17.0. The Balaban J connectivity index is 1.68. The van der Waals surface area contributed by atoms with Gasteiger partial charge in [-0.25, -0.2) is 0 Å². The number of ketones is 1. The number of likely N-dealkylation sites (tertiary alicyclic amines) is 1. The number of likely N-dealkylation sites (N-methyl/N-ethyl adjacent to an activating group) is 1. The third-order valence-corrected chi connectivity index (χ3v) is 5.66. The molecule has 2 aliphatic rings. The molecule has 0 aromatic heterocycles. The first-order valence-electron chi connectivity index (χ1n) is 9.35. The third kappa shape index (κ3) is 3.06. The second-order valence-electron chi connectivity index (χ2n) is 7.39. The summed E-state index contributed by atoms with van der Waals surface area (Å²) in [4.78, 5) is 30.8. The molecular weight excluding hydrogens is 324 g/mol. The van der Waals surface area contributed by atoms with Gasteiger partial charge in [-0.2, -0.15) is 0 Å². The monoisotopic (exact) mass is 348 g/mol. The highest BCUT2D eigenvalue weighted by Gasteiger charge is 2.40. The van der Waals surface area contributed by atoms with Crippen molar-refractivity contribution in [2.24, 2.45) is 0 Å². The molecule has 0 saturated carbocycles. The predicted molar refractivity (Wildman–Crippen MR) is 101 cm³/mol. The maximum atomic E-state index is 13.4. The number of hydrogen-bond donors (Lipinski definition) is 0. The first-order chi connectivity index (χ1) is 12.6. The van der Waals surface area contributed by atoms with Crippen molar-refractivity contribution in [2.75, 3.05) is 20.1 Å². The molecule has 1 unspecified atom stereocenters. The van der Waals surface area contributed by atoms with E-state index >= 15 is 0 Å². The molecule has 0 radical (unpaired) electrons. The highest BCUT2D eigenvalue weighted by molar-refractivity contribution is 6.15. The number of nitrogens with zero attached hydrogens (tertiary/aromatic N) is 2. The summed E-state index contributed by atoms with van der Waals surface area (Å²) in [5.41, 5.74) is 1.65. The van der Waals surface area contributed by atoms with Gasteiger partial charge >= 0.3 is 0 Å². The highest BCUT2D eigenvalue weighted by Crippen LogP contribution is 2.32. The number of carbonyl (C=O) groups excluding carboxylic acids is 2. The molecule has 26 heavy (non-hydrogen) atoms. The average molecular weight is 348 g/mol. The van der Waals surface area contributed by atoms with Crippen LogP contribution in [0.3, 0.4) is 0 Å². The Hall–Kier alpha value is -2.46. The Bertz CT molecular complexity index is 818. The summed E-state index contributed by atoms with van der Waals surface area (Å²) >= 11 is 0. The molecule has 134 valence electrons. The Kier molecular flexibility index (Phi) is 4.60. The number of hydrogen-bond acceptors (Lipinski definition) is 3. The van der Waals surface area contributed by atoms with Crippen molar-refractivity contribution in [3.05, 3.63) is 71.3 Å². The second kappa shape index (κ2) is 7.04. The predicted octanol–water partition coefficient (Wildman–Crippen LogP) is 3.23. The summed E-state index contributed by atoms with van der Waals surface area (Å²) in [6.07, 6.45) is 3.13. The van der Waals surface area contributed by atoms with Gasteiger partial charge in [0, 0.05) is 29.8 Å². The molecule has 2 aromatic rings. The summed E-state index contributed by atoms with van der Waals surface area (Å²) in [5.74, 6) is -0.0819. The zero-order valence-corrected chi connectivity index (χ0v) is 15.1. The van der Waals surface area contributed by atoms with Crippen molar-refractivity contribution in [3.8, 4) is 0 Å². The molecule has 4 rings (SSSR count). The number of amides is 1. The smallest absolute Gasteiger partial charge is 0.255 e. The molecule has 4 nitrogen and oxygen atoms in total. The Morgan fingerprint density at radius 1 is 0.846 bits per heavy atom. The number of rotatable bonds is 3. The topological polar surface area (TPSA) is 40.6 Å². The summed E-state index contributed by atoms with van der Waals surface area (Å²) in [5, 5.41) is 0. The fraction of sp³-hybridized carbons (Fsp3) is 0.364. The standard InChI is InChI=1S/C22H24N2O2/c1-23-14-13-17-11-12-18(15-23)24(17)22(26)20-10-6-5-9-19(20)21(25)16-7-3-2-4-8-16/h2-10,17-18H,11-15H2,1H3/t17?,18-/m1/s1. The van der Waals surface area contributed by atoms with Crippen molar-refractivity contribution in [3.63, 3.8) is 0 Å². The van der Waals surface area contributed by atoms with Crippen LogP contribution in [0.15, 0.2) is 54.6 Å². The quantitative estimate of drug-likeness (QED) is 0.800. The van der Waals surface area contributed by atoms with Crippen molar-refractivity contribution in [1.29, 1.82) is 0 Å². The highest BCUT2D eigenvalue weighted by atomic mass is 16.2. The van der Waals surface area contributed by atoms with E-state index in [1.807, 2.05) is 30.3 Å². The van der Waals surface area contributed by atoms with Gasteiger partial charge in [0.05, 0.1) is 5.56 Å². The minimum atomic E-state index is -0.0890. The van der Waals surface area contributed by atoms with Crippen LogP contribution in [0.4, 0.5) is 0 Å². The minimum absolute atomic E-state index is 0.00711. The van der Waals surface area contributed by atoms with E-state index in [-0.39, 0.29) is 23.8 Å². The largest absolute Gasteiger partial charge is 0.331 e. The molecule has 2 bridgehead atoms. The normalized spacial score (nSPS) is 22.9. The lowest BCUT2D eigenvalue weighted by molar-refractivity contribution is 0.0670. The molecule has 2 heterocycles. The summed E-state index contributed by atoms with van der Waals surface area (Å²) < 4.78 is 0. The Labute approximate surface area is 154 Å². The van der Waals surface area contributed by atoms with Gasteiger partial charge < -0.3 is 9.80 Å². The van der Waals surface area contributed by atoms with Crippen LogP contribution in [0.1, 0.15) is 45.5 Å². The maximum Gasteiger partial charge on any atom is 0.255 e. The van der Waals surface area contributed by atoms with Crippen LogP contribution < -0.4 is 0 Å². The zero-order valence-electron chi connectivity index (χ0n) is 15.1. The maximum absolute atomic E-state index is 13.4. The van der Waals surface area contributed by atoms with Gasteiger partial charge in [0.25, 0.3) is 5.91 Å². The van der Waals surface area contributed by atoms with E-state index in [9.17, 15) is 9.59 Å². The molecule has 0 spiro atoms. The molecule has 2 saturated heterocycles. The van der Waals surface area contributed by atoms with Gasteiger partial charge in [0.2, 0.25) is 0 Å². The van der Waals surface area contributed by atoms with Gasteiger partial charge in [0.15, 0.2) is 5.78 Å². The van der Waals surface area contributed by atoms with Gasteiger partial charge in [0.1, 0.15) is 0 Å². The fourth-order valence-electron chi connectivity index (χ4n) is 4.33. The zero-order chi connectivity index (χ0) is 18.1. The van der Waals surface area contributed by atoms with Crippen molar-refractivity contribution >= 4 is 11.7 Å². The van der Waals surface area contributed by atoms with Gasteiger partial charge in [-0.05, 0) is 38.9 Å². The van der Waals surface area contributed by atoms with Crippen LogP contribution in [0, 0.1) is 0 Å². The average Bonchev–Trinajstić information content (AvgIpc) is 2.99. The number of fused-ring (bicyclic) bond motifs is 2. The van der Waals surface area contributed by atoms with Crippen molar-refractivity contribution in [2.45, 2.75) is 31.3 Å². The Morgan fingerprint density at radius 3 is 2.27 bits per heavy atom. The molecule has 2 aromatic carbocycles. The number of benzene rings is 2. The van der Waals surface area contributed by atoms with E-state index in [4.69, 9.17) is 0 Å². The summed E-state index contributed by atoms with van der Waals surface area (Å²) in [6.45, 7) is 1.94. The minimum Gasteiger partial charge on any atom is -0.331 e. The van der Waals surface area contributed by atoms with E-state index in [2.05, 4.69) is 16.8 Å². The molecular formula is C22H24N2O2. The Morgan fingerprint density at radius 2 is 1.50 bits per heavy atom. The molecule has 2 fully saturated rings. The molecule has 2 aliphatic heterocycles. The van der Waals surface area contributed by atoms with Crippen LogP contribution in [0.25, 0.3) is 0 Å². The van der Waals surface area contributed by atoms with E-state index < -0.39 is 0 Å². The molecule has 0 aliphatic carbocycles. The lowest BCUT2D eigenvalue weighted by Gasteiger charge is -2.29. The summed E-state index contributed by atoms with van der Waals surface area (Å²) in [7, 11) is 2.12. The van der Waals surface area contributed by atoms with E-state index in [0.29, 0.717) is 16.7 Å². The van der Waals surface area contributed by atoms with Crippen LogP contribution in [0.2, 0.25) is 0 Å². The second-order valence-corrected chi connectivity index (χ2v) is 7.39. The van der Waals surface area contributed by atoms with Crippen LogP contribution in [0.5, 0.6) is 0 Å². The van der Waals surface area contributed by atoms with Crippen molar-refractivity contribution < 1.29 is 9.59 Å². The number of carbonyl (C=O) groups is 2. The van der Waals surface area contributed by atoms with Crippen molar-refractivity contribution in [1.82, 2.24) is 9.80 Å². The SMILES string of the molecule is CN1CCC2CC[C@H](C1)N2C(=O)c1ccccc1C(=O)c1ccccc1. The molecule has 0 N–H and O–H groups in total. The van der Waals surface area contributed by atoms with Gasteiger partial charge in [-0.15, -0.1) is 0 Å². The lowest BCUT2D eigenvalue weighted by atomic mass is 9.97. The summed E-state index contributed by atoms with van der Waals surface area (Å²) in [6, 6.07) is 17.0.